The average Bonchev–Trinajstić information content (AvgIpc) is 3.65. The fraction of sp³-hybridized carbons (Fsp3) is 0.864. The molecule has 10 heteroatoms. The van der Waals surface area contributed by atoms with Gasteiger partial charge in [0.1, 0.15) is 0 Å². The van der Waals surface area contributed by atoms with Gasteiger partial charge in [0.15, 0.2) is 22.9 Å². The minimum Gasteiger partial charge on any atom is -0.340 e. The van der Waals surface area contributed by atoms with Gasteiger partial charge in [0.2, 0.25) is 0 Å². The van der Waals surface area contributed by atoms with Crippen molar-refractivity contribution >= 4 is 11.9 Å². The van der Waals surface area contributed by atoms with E-state index in [2.05, 4.69) is 96.3 Å². The topological polar surface area (TPSA) is 91.1 Å². The van der Waals surface area contributed by atoms with Crippen molar-refractivity contribution in [3.8, 4) is 0 Å². The minimum atomic E-state index is -0.245. The molecular formula is C44H72N6O4+2. The predicted octanol–water partition coefficient (Wildman–Crippen LogP) is 6.49. The summed E-state index contributed by atoms with van der Waals surface area (Å²) in [6, 6.07) is 2.31. The second-order valence-corrected chi connectivity index (χ2v) is 19.1. The van der Waals surface area contributed by atoms with Crippen molar-refractivity contribution in [2.24, 2.45) is 11.8 Å². The van der Waals surface area contributed by atoms with Gasteiger partial charge in [-0.3, -0.25) is 9.15 Å². The fourth-order valence-corrected chi connectivity index (χ4v) is 12.7. The van der Waals surface area contributed by atoms with Crippen LogP contribution in [-0.2, 0) is 18.9 Å². The van der Waals surface area contributed by atoms with E-state index in [-0.39, 0.29) is 35.1 Å². The first kappa shape index (κ1) is 37.4. The molecule has 4 N–H and O–H groups in total. The molecular weight excluding hydrogens is 677 g/mol. The monoisotopic (exact) mass is 749 g/mol. The molecule has 54 heavy (non-hydrogen) atoms. The third-order valence-corrected chi connectivity index (χ3v) is 15.5. The van der Waals surface area contributed by atoms with Crippen molar-refractivity contribution in [1.82, 2.24) is 21.3 Å². The molecule has 0 aliphatic carbocycles. The highest BCUT2D eigenvalue weighted by atomic mass is 16.5. The molecule has 0 aromatic rings. The van der Waals surface area contributed by atoms with Gasteiger partial charge in [-0.2, -0.15) is 0 Å². The zero-order chi connectivity index (χ0) is 37.3. The molecule has 0 amide bonds. The van der Waals surface area contributed by atoms with Gasteiger partial charge in [0, 0.05) is 38.5 Å². The van der Waals surface area contributed by atoms with Crippen LogP contribution in [0, 0.1) is 11.8 Å². The maximum atomic E-state index is 6.69. The Morgan fingerprint density at radius 2 is 1.02 bits per heavy atom. The van der Waals surface area contributed by atoms with Crippen molar-refractivity contribution in [3.63, 3.8) is 0 Å². The van der Waals surface area contributed by atoms with E-state index in [1.165, 1.54) is 63.3 Å². The van der Waals surface area contributed by atoms with Crippen LogP contribution in [0.4, 0.5) is 0 Å². The number of nitrogens with zero attached hydrogens (tertiary/aromatic N) is 2. The quantitative estimate of drug-likeness (QED) is 0.188. The Morgan fingerprint density at radius 1 is 0.574 bits per heavy atom. The second kappa shape index (κ2) is 14.4. The molecule has 4 fully saturated rings. The molecule has 0 radical (unpaired) electrons. The largest absolute Gasteiger partial charge is 0.350 e. The summed E-state index contributed by atoms with van der Waals surface area (Å²) in [5.74, 6) is 3.37. The molecule has 0 aromatic carbocycles. The lowest BCUT2D eigenvalue weighted by Crippen LogP contribution is -2.74. The Bertz CT molecular complexity index is 1440. The first-order valence-electron chi connectivity index (χ1n) is 22.6. The van der Waals surface area contributed by atoms with Crippen LogP contribution in [0.15, 0.2) is 24.3 Å². The van der Waals surface area contributed by atoms with Crippen molar-refractivity contribution < 1.29 is 28.1 Å². The predicted molar refractivity (Wildman–Crippen MR) is 211 cm³/mol. The Balaban J connectivity index is 0.000000142. The van der Waals surface area contributed by atoms with Crippen LogP contribution in [-0.4, -0.2) is 92.6 Å². The van der Waals surface area contributed by atoms with Crippen molar-refractivity contribution in [2.45, 2.75) is 229 Å². The van der Waals surface area contributed by atoms with E-state index in [4.69, 9.17) is 18.9 Å². The van der Waals surface area contributed by atoms with Crippen LogP contribution < -0.4 is 21.3 Å². The molecule has 10 heterocycles. The molecule has 4 saturated heterocycles. The van der Waals surface area contributed by atoms with Gasteiger partial charge < -0.3 is 18.9 Å². The Kier molecular flexibility index (Phi) is 9.95. The summed E-state index contributed by atoms with van der Waals surface area (Å²) in [5.41, 5.74) is -0.932. The first-order valence-corrected chi connectivity index (χ1v) is 22.6. The summed E-state index contributed by atoms with van der Waals surface area (Å²) in [7, 11) is 0. The number of ether oxygens (including phenoxy) is 4. The van der Waals surface area contributed by atoms with Crippen molar-refractivity contribution in [1.29, 1.82) is 0 Å². The standard InChI is InChI=1S/2C22H35N3O2/c2*1-4-18-9-5-6-12-21(27-18)14-17-10-11-19-16(3)22(13-7-8-15(2)26-22)24-20(23-21)25(17)19/h2*5,9,15-19H,4,6-8,10-14H2,1-3H3,(H,23,24)/p+2/t15-,16+,17+,18+,19+,21+,22+;15-,16+,17+,18+,19+,21+,22-/m11/s1. The van der Waals surface area contributed by atoms with Gasteiger partial charge in [0.25, 0.3) is 0 Å². The molecule has 0 aromatic heterocycles. The molecule has 10 aliphatic rings. The fourth-order valence-electron chi connectivity index (χ4n) is 12.7. The normalized spacial score (nSPS) is 48.9. The zero-order valence-corrected chi connectivity index (χ0v) is 34.3. The molecule has 10 nitrogen and oxygen atoms in total. The van der Waals surface area contributed by atoms with Crippen LogP contribution in [0.1, 0.15) is 157 Å². The number of allylic oxidation sites excluding steroid dienone is 2. The lowest BCUT2D eigenvalue weighted by atomic mass is 9.82. The van der Waals surface area contributed by atoms with E-state index in [0.717, 1.165) is 64.2 Å². The van der Waals surface area contributed by atoms with E-state index in [9.17, 15) is 0 Å². The zero-order valence-electron chi connectivity index (χ0n) is 34.3. The van der Waals surface area contributed by atoms with E-state index in [0.29, 0.717) is 48.2 Å². The second-order valence-electron chi connectivity index (χ2n) is 19.1. The number of hydrogen-bond acceptors (Lipinski definition) is 8. The third kappa shape index (κ3) is 6.45. The maximum Gasteiger partial charge on any atom is 0.350 e. The highest BCUT2D eigenvalue weighted by Crippen LogP contribution is 2.47. The van der Waals surface area contributed by atoms with E-state index < -0.39 is 0 Å². The summed E-state index contributed by atoms with van der Waals surface area (Å²) in [4.78, 5) is 0. The van der Waals surface area contributed by atoms with Crippen LogP contribution in [0.5, 0.6) is 0 Å². The van der Waals surface area contributed by atoms with Gasteiger partial charge >= 0.3 is 11.9 Å². The molecule has 14 atom stereocenters. The van der Waals surface area contributed by atoms with Crippen LogP contribution in [0.2, 0.25) is 0 Å². The number of guanidine groups is 2. The summed E-state index contributed by atoms with van der Waals surface area (Å²) in [6.07, 6.45) is 30.8. The van der Waals surface area contributed by atoms with Gasteiger partial charge in [-0.1, -0.05) is 52.0 Å². The van der Waals surface area contributed by atoms with Crippen molar-refractivity contribution in [3.05, 3.63) is 24.3 Å². The SMILES string of the molecule is CC[C@H]1C=CCC[C@@]2(C[C@@H]3CC[C@H]4[C@H](C)[C@@]5(CCC[C@@H](C)O5)NC(=[N+]34)N2)O1.CC[C@H]1C=CCC[C@@]2(C[C@@H]3CC[C@H]4[C@H](C)[C@]5(CCC[C@@H](C)O5)NC(=[N+]34)N2)O1. The molecule has 4 spiro atoms. The molecule has 300 valence electrons. The van der Waals surface area contributed by atoms with E-state index >= 15 is 0 Å². The Morgan fingerprint density at radius 3 is 1.43 bits per heavy atom. The number of hydrogen-bond donors (Lipinski definition) is 4. The van der Waals surface area contributed by atoms with Crippen LogP contribution in [0.3, 0.4) is 0 Å². The summed E-state index contributed by atoms with van der Waals surface area (Å²) in [6.45, 7) is 13.7. The summed E-state index contributed by atoms with van der Waals surface area (Å²) in [5, 5.41) is 15.5. The Labute approximate surface area is 325 Å². The highest BCUT2D eigenvalue weighted by molar-refractivity contribution is 5.78. The molecule has 0 saturated carbocycles. The number of rotatable bonds is 2. The molecule has 0 bridgehead atoms. The van der Waals surface area contributed by atoms with Gasteiger partial charge in [-0.25, -0.2) is 21.3 Å². The third-order valence-electron chi connectivity index (χ3n) is 15.5. The molecule has 10 rings (SSSR count). The molecule has 0 unspecified atom stereocenters. The lowest BCUT2D eigenvalue weighted by Gasteiger charge is -2.50. The lowest BCUT2D eigenvalue weighted by molar-refractivity contribution is -0.611. The minimum absolute atomic E-state index is 0.215. The first-order chi connectivity index (χ1) is 26.1. The van der Waals surface area contributed by atoms with Crippen molar-refractivity contribution in [2.75, 3.05) is 0 Å². The Hall–Kier alpha value is -2.14. The summed E-state index contributed by atoms with van der Waals surface area (Å²) < 4.78 is 31.9. The highest BCUT2D eigenvalue weighted by Gasteiger charge is 2.62. The van der Waals surface area contributed by atoms with Crippen LogP contribution in [0.25, 0.3) is 0 Å². The van der Waals surface area contributed by atoms with Gasteiger partial charge in [0.05, 0.1) is 60.4 Å². The van der Waals surface area contributed by atoms with E-state index in [1.54, 1.807) is 0 Å². The smallest absolute Gasteiger partial charge is 0.340 e. The maximum absolute atomic E-state index is 6.69. The van der Waals surface area contributed by atoms with Gasteiger partial charge in [-0.05, 0) is 90.9 Å². The number of nitrogens with one attached hydrogen (secondary N) is 4. The molecule has 10 aliphatic heterocycles. The van der Waals surface area contributed by atoms with Gasteiger partial charge in [-0.15, -0.1) is 0 Å². The van der Waals surface area contributed by atoms with E-state index in [1.807, 2.05) is 0 Å². The average molecular weight is 749 g/mol. The summed E-state index contributed by atoms with van der Waals surface area (Å²) >= 11 is 0. The van der Waals surface area contributed by atoms with Crippen LogP contribution >= 0.6 is 0 Å².